The van der Waals surface area contributed by atoms with Gasteiger partial charge in [-0.25, -0.2) is 0 Å². The maximum atomic E-state index is 8.19. The molecule has 5 heteroatoms. The van der Waals surface area contributed by atoms with Crippen LogP contribution in [0.4, 0.5) is 0 Å². The van der Waals surface area contributed by atoms with Crippen molar-refractivity contribution in [3.05, 3.63) is 0 Å². The topological polar surface area (TPSA) is 77.8 Å². The minimum absolute atomic E-state index is 0.250. The summed E-state index contributed by atoms with van der Waals surface area (Å²) >= 11 is 1.06. The molecule has 0 heterocycles. The molecule has 0 unspecified atom stereocenters. The van der Waals surface area contributed by atoms with Crippen molar-refractivity contribution in [2.75, 3.05) is 20.3 Å². The average Bonchev–Trinajstić information content (AvgIpc) is 1.99. The molecule has 0 aliphatic carbocycles. The molecule has 0 atom stereocenters. The third kappa shape index (κ3) is 6240. The normalized spacial score (nSPS) is 4.50. The van der Waals surface area contributed by atoms with Crippen LogP contribution in [0.2, 0.25) is 0 Å². The fourth-order valence-corrected chi connectivity index (χ4v) is 0. The molecule has 0 rings (SSSR count). The van der Waals surface area contributed by atoms with E-state index in [1.165, 1.54) is 0 Å². The molecule has 0 aromatic rings. The van der Waals surface area contributed by atoms with E-state index in [2.05, 4.69) is 0 Å². The molecule has 0 spiro atoms. The average molecular weight is 191 g/mol. The van der Waals surface area contributed by atoms with E-state index in [1.54, 1.807) is 13.8 Å². The Morgan fingerprint density at radius 2 is 1.00 bits per heavy atom. The van der Waals surface area contributed by atoms with E-state index in [4.69, 9.17) is 19.0 Å². The van der Waals surface area contributed by atoms with E-state index in [1.807, 2.05) is 0 Å². The van der Waals surface area contributed by atoms with Crippen LogP contribution in [0.3, 0.4) is 0 Å². The van der Waals surface area contributed by atoms with Crippen molar-refractivity contribution in [3.63, 3.8) is 0 Å². The molecular weight excluding hydrogens is 175 g/mol. The zero-order chi connectivity index (χ0) is 9.41. The van der Waals surface area contributed by atoms with Gasteiger partial charge in [0.25, 0.3) is 0 Å². The Morgan fingerprint density at radius 3 is 1.00 bits per heavy atom. The minimum atomic E-state index is 0.250. The van der Waals surface area contributed by atoms with Crippen LogP contribution in [0, 0.1) is 0 Å². The van der Waals surface area contributed by atoms with E-state index >= 15 is 0 Å². The van der Waals surface area contributed by atoms with Crippen LogP contribution in [-0.2, 0) is 21.0 Å². The van der Waals surface area contributed by atoms with Gasteiger partial charge in [0.05, 0.1) is 0 Å². The zero-order valence-corrected chi connectivity index (χ0v) is 8.01. The van der Waals surface area contributed by atoms with Gasteiger partial charge in [-0.05, 0) is 13.8 Å². The quantitative estimate of drug-likeness (QED) is 0.481. The Kier molecular flexibility index (Phi) is 277. The molecule has 0 aromatic carbocycles. The summed E-state index contributed by atoms with van der Waals surface area (Å²) in [5, 5.41) is 22.1. The summed E-state index contributed by atoms with van der Waals surface area (Å²) in [5.41, 5.74) is 0. The summed E-state index contributed by atoms with van der Waals surface area (Å²) < 4.78 is 8.19. The van der Waals surface area contributed by atoms with E-state index in [9.17, 15) is 0 Å². The molecule has 0 aliphatic rings. The van der Waals surface area contributed by atoms with E-state index in [0.717, 1.165) is 24.5 Å². The van der Waals surface area contributed by atoms with E-state index in [-0.39, 0.29) is 13.2 Å². The molecule has 10 heavy (non-hydrogen) atoms. The number of hydrogen-bond donors (Lipinski definition) is 3. The molecule has 0 saturated heterocycles. The molecule has 0 aliphatic heterocycles. The number of aliphatic hydroxyl groups excluding tert-OH is 3. The van der Waals surface area contributed by atoms with Crippen molar-refractivity contribution in [1.29, 1.82) is 0 Å². The number of aliphatic hydroxyl groups is 3. The molecule has 0 fully saturated rings. The van der Waals surface area contributed by atoms with Gasteiger partial charge in [0.2, 0.25) is 0 Å². The maximum absolute atomic E-state index is 8.19. The predicted molar refractivity (Wildman–Crippen MR) is 34.3 cm³/mol. The summed E-state index contributed by atoms with van der Waals surface area (Å²) in [6.07, 6.45) is 0. The van der Waals surface area contributed by atoms with Crippen molar-refractivity contribution >= 4 is 0 Å². The fraction of sp³-hybridized carbons (Fsp3) is 1.00. The molecule has 0 amide bonds. The first-order chi connectivity index (χ1) is 4.83. The van der Waals surface area contributed by atoms with Crippen molar-refractivity contribution in [3.8, 4) is 0 Å². The second kappa shape index (κ2) is 123. The van der Waals surface area contributed by atoms with Gasteiger partial charge in [0, 0.05) is 20.3 Å². The van der Waals surface area contributed by atoms with Crippen LogP contribution in [0.15, 0.2) is 0 Å². The Morgan fingerprint density at radius 1 is 1.00 bits per heavy atom. The van der Waals surface area contributed by atoms with Gasteiger partial charge in [-0.1, -0.05) is 0 Å². The second-order valence-electron chi connectivity index (χ2n) is 0.632. The zero-order valence-electron chi connectivity index (χ0n) is 6.61. The first-order valence-corrected chi connectivity index (χ1v) is 3.25. The molecular formula is C5H16O4V. The molecule has 0 saturated carbocycles. The molecule has 4 nitrogen and oxygen atoms in total. The standard InChI is InChI=1S/2C2H6O.CH4O.O.V/c2*1-2-3;1-2;;/h2*3H,2H2,1H3;2H,1H3;;. The van der Waals surface area contributed by atoms with Crippen LogP contribution in [0.1, 0.15) is 13.8 Å². The summed E-state index contributed by atoms with van der Waals surface area (Å²) in [6.45, 7) is 3.86. The van der Waals surface area contributed by atoms with Crippen molar-refractivity contribution in [2.24, 2.45) is 0 Å². The molecule has 0 bridgehead atoms. The Hall–Kier alpha value is 0.264. The first kappa shape index (κ1) is 22.4. The van der Waals surface area contributed by atoms with Gasteiger partial charge in [-0.2, -0.15) is 0 Å². The third-order valence-corrected chi connectivity index (χ3v) is 0. The summed E-state index contributed by atoms with van der Waals surface area (Å²) in [4.78, 5) is 0. The van der Waals surface area contributed by atoms with Crippen molar-refractivity contribution in [1.82, 2.24) is 0 Å². The second-order valence-corrected chi connectivity index (χ2v) is 0.632. The molecule has 0 aromatic heterocycles. The van der Waals surface area contributed by atoms with Crippen molar-refractivity contribution in [2.45, 2.75) is 13.8 Å². The van der Waals surface area contributed by atoms with Crippen LogP contribution >= 0.6 is 0 Å². The summed E-state index contributed by atoms with van der Waals surface area (Å²) in [6, 6.07) is 0. The molecule has 65 valence electrons. The number of hydrogen-bond acceptors (Lipinski definition) is 4. The van der Waals surface area contributed by atoms with Crippen LogP contribution in [0.5, 0.6) is 0 Å². The van der Waals surface area contributed by atoms with Gasteiger partial charge in [-0.3, -0.25) is 0 Å². The van der Waals surface area contributed by atoms with Crippen LogP contribution < -0.4 is 0 Å². The molecule has 3 N–H and O–H groups in total. The van der Waals surface area contributed by atoms with Gasteiger partial charge >= 0.3 is 21.0 Å². The Balaban J connectivity index is -0.0000000246. The van der Waals surface area contributed by atoms with E-state index < -0.39 is 0 Å². The summed E-state index contributed by atoms with van der Waals surface area (Å²) in [5.74, 6) is 0. The molecule has 0 radical (unpaired) electrons. The third-order valence-electron chi connectivity index (χ3n) is 0. The van der Waals surface area contributed by atoms with Crippen molar-refractivity contribution < 1.29 is 36.4 Å². The predicted octanol–water partition coefficient (Wildman–Crippen LogP) is -0.516. The Labute approximate surface area is 71.1 Å². The first-order valence-electron chi connectivity index (χ1n) is 2.68. The Bertz CT molecular complexity index is 21.1. The van der Waals surface area contributed by atoms with Gasteiger partial charge in [-0.15, -0.1) is 0 Å². The SMILES string of the molecule is CCO.CCO.CO.[O]=[V]. The number of rotatable bonds is 0. The van der Waals surface area contributed by atoms with Crippen LogP contribution in [0.25, 0.3) is 0 Å². The monoisotopic (exact) mass is 191 g/mol. The van der Waals surface area contributed by atoms with Gasteiger partial charge in [0.1, 0.15) is 0 Å². The van der Waals surface area contributed by atoms with E-state index in [0.29, 0.717) is 0 Å². The fourth-order valence-electron chi connectivity index (χ4n) is 0. The van der Waals surface area contributed by atoms with Crippen LogP contribution in [-0.4, -0.2) is 35.6 Å². The van der Waals surface area contributed by atoms with Gasteiger partial charge < -0.3 is 15.3 Å². The summed E-state index contributed by atoms with van der Waals surface area (Å²) in [7, 11) is 1.00. The van der Waals surface area contributed by atoms with Gasteiger partial charge in [0.15, 0.2) is 0 Å².